The van der Waals surface area contributed by atoms with Crippen molar-refractivity contribution in [3.05, 3.63) is 25.6 Å². The van der Waals surface area contributed by atoms with E-state index in [9.17, 15) is 0 Å². The van der Waals surface area contributed by atoms with Crippen LogP contribution in [-0.4, -0.2) is 17.5 Å². The summed E-state index contributed by atoms with van der Waals surface area (Å²) in [7, 11) is -4.67. The third-order valence-corrected chi connectivity index (χ3v) is 0. The van der Waals surface area contributed by atoms with Gasteiger partial charge in [-0.2, -0.15) is 8.42 Å². The Kier molecular flexibility index (Phi) is 17.6. The van der Waals surface area contributed by atoms with Crippen molar-refractivity contribution in [1.29, 1.82) is 0 Å². The number of rotatable bonds is 0. The lowest BCUT2D eigenvalue weighted by Gasteiger charge is -1.68. The van der Waals surface area contributed by atoms with Gasteiger partial charge in [0.2, 0.25) is 0 Å². The van der Waals surface area contributed by atoms with E-state index in [1.807, 2.05) is 0 Å². The van der Waals surface area contributed by atoms with Crippen molar-refractivity contribution < 1.29 is 17.5 Å². The average Bonchev–Trinajstić information content (AvgIpc) is 1.62. The maximum absolute atomic E-state index is 8.74. The number of nitrogens with two attached hydrogens (primary N) is 2. The summed E-state index contributed by atoms with van der Waals surface area (Å²) in [6.45, 7) is 6.28. The molecule has 0 heterocycles. The zero-order valence-electron chi connectivity index (χ0n) is 5.84. The van der Waals surface area contributed by atoms with Gasteiger partial charge in [-0.05, 0) is 12.4 Å². The van der Waals surface area contributed by atoms with Gasteiger partial charge in [0.15, 0.2) is 0 Å². The van der Waals surface area contributed by atoms with Crippen molar-refractivity contribution >= 4 is 10.4 Å². The first-order chi connectivity index (χ1) is 4.83. The zero-order valence-corrected chi connectivity index (χ0v) is 6.66. The van der Waals surface area contributed by atoms with Crippen LogP contribution >= 0.6 is 0 Å². The minimum absolute atomic E-state index is 1.25. The highest BCUT2D eigenvalue weighted by atomic mass is 32.3. The second kappa shape index (κ2) is 11.7. The number of hydrogen-bond acceptors (Lipinski definition) is 4. The van der Waals surface area contributed by atoms with Crippen LogP contribution in [0.15, 0.2) is 25.6 Å². The lowest BCUT2D eigenvalue weighted by molar-refractivity contribution is 0.381. The summed E-state index contributed by atoms with van der Waals surface area (Å²) < 4.78 is 31.6. The van der Waals surface area contributed by atoms with Crippen LogP contribution in [0.25, 0.3) is 0 Å². The van der Waals surface area contributed by atoms with E-state index >= 15 is 0 Å². The molecule has 0 aliphatic rings. The maximum Gasteiger partial charge on any atom is 0.394 e. The van der Waals surface area contributed by atoms with Crippen LogP contribution in [0.5, 0.6) is 0 Å². The second-order valence-electron chi connectivity index (χ2n) is 0.919. The van der Waals surface area contributed by atoms with Gasteiger partial charge in [0, 0.05) is 0 Å². The van der Waals surface area contributed by atoms with Gasteiger partial charge in [-0.3, -0.25) is 9.11 Å². The highest BCUT2D eigenvalue weighted by molar-refractivity contribution is 7.79. The Morgan fingerprint density at radius 1 is 1.09 bits per heavy atom. The first kappa shape index (κ1) is 16.5. The molecule has 0 fully saturated rings. The van der Waals surface area contributed by atoms with Gasteiger partial charge in [0.05, 0.1) is 0 Å². The van der Waals surface area contributed by atoms with E-state index in [-0.39, 0.29) is 0 Å². The van der Waals surface area contributed by atoms with E-state index in [0.29, 0.717) is 0 Å². The molecule has 0 rings (SSSR count). The lowest BCUT2D eigenvalue weighted by atomic mass is 11.1. The van der Waals surface area contributed by atoms with E-state index in [0.717, 1.165) is 0 Å². The Balaban J connectivity index is -0.0000000933. The normalized spacial score (nSPS) is 7.45. The molecule has 68 valence electrons. The Bertz CT molecular complexity index is 161. The van der Waals surface area contributed by atoms with Gasteiger partial charge in [-0.15, -0.1) is 0 Å². The summed E-state index contributed by atoms with van der Waals surface area (Å²) in [5.74, 6) is 0. The fourth-order valence-corrected chi connectivity index (χ4v) is 0. The molecule has 0 spiro atoms. The highest BCUT2D eigenvalue weighted by Gasteiger charge is 1.84. The summed E-state index contributed by atoms with van der Waals surface area (Å²) in [5, 5.41) is 0. The Hall–Kier alpha value is -1.05. The van der Waals surface area contributed by atoms with Crippen LogP contribution in [0.2, 0.25) is 0 Å². The molecule has 0 aromatic carbocycles. The molecule has 0 saturated heterocycles. The molecule has 0 radical (unpaired) electrons. The predicted octanol–water partition coefficient (Wildman–Crippen LogP) is -0.476. The summed E-state index contributed by atoms with van der Waals surface area (Å²) in [5.41, 5.74) is 9.22. The van der Waals surface area contributed by atoms with Crippen molar-refractivity contribution in [1.82, 2.24) is 0 Å². The summed E-state index contributed by atoms with van der Waals surface area (Å²) in [6.07, 6.45) is 2.50. The first-order valence-electron chi connectivity index (χ1n) is 2.18. The number of hydrogen-bond donors (Lipinski definition) is 4. The van der Waals surface area contributed by atoms with E-state index in [2.05, 4.69) is 24.6 Å². The van der Waals surface area contributed by atoms with Gasteiger partial charge >= 0.3 is 10.4 Å². The van der Waals surface area contributed by atoms with E-state index < -0.39 is 10.4 Å². The van der Waals surface area contributed by atoms with Crippen molar-refractivity contribution in [2.45, 2.75) is 0 Å². The lowest BCUT2D eigenvalue weighted by Crippen LogP contribution is -1.89. The molecular weight excluding hydrogens is 172 g/mol. The summed E-state index contributed by atoms with van der Waals surface area (Å²) >= 11 is 0. The molecule has 0 aromatic heterocycles. The smallest absolute Gasteiger partial charge is 0.394 e. The highest BCUT2D eigenvalue weighted by Crippen LogP contribution is 1.59. The summed E-state index contributed by atoms with van der Waals surface area (Å²) in [4.78, 5) is 0. The fraction of sp³-hybridized carbons (Fsp3) is 0. The average molecular weight is 184 g/mol. The predicted molar refractivity (Wildman–Crippen MR) is 42.9 cm³/mol. The Labute approximate surface area is 65.8 Å². The molecule has 6 nitrogen and oxygen atoms in total. The standard InChI is InChI=1S/2C2H5N.H2O4S/c2*1-2-3;1-5(2,3)4/h2*2H,1,3H2;(H2,1,2,3,4). The van der Waals surface area contributed by atoms with Gasteiger partial charge < -0.3 is 11.5 Å². The van der Waals surface area contributed by atoms with Crippen molar-refractivity contribution in [2.24, 2.45) is 11.5 Å². The summed E-state index contributed by atoms with van der Waals surface area (Å²) in [6, 6.07) is 0. The van der Waals surface area contributed by atoms with Gasteiger partial charge in [0.25, 0.3) is 0 Å². The SMILES string of the molecule is C=CN.C=CN.O=S(=O)(O)O. The molecule has 0 amide bonds. The van der Waals surface area contributed by atoms with Crippen molar-refractivity contribution in [3.63, 3.8) is 0 Å². The first-order valence-corrected chi connectivity index (χ1v) is 3.58. The van der Waals surface area contributed by atoms with Crippen molar-refractivity contribution in [3.8, 4) is 0 Å². The largest absolute Gasteiger partial charge is 0.405 e. The van der Waals surface area contributed by atoms with Crippen LogP contribution in [0, 0.1) is 0 Å². The minimum atomic E-state index is -4.67. The molecule has 0 bridgehead atoms. The zero-order chi connectivity index (χ0) is 9.91. The van der Waals surface area contributed by atoms with Crippen LogP contribution in [0.4, 0.5) is 0 Å². The molecule has 6 N–H and O–H groups in total. The molecule has 0 saturated carbocycles. The monoisotopic (exact) mass is 184 g/mol. The molecule has 0 atom stereocenters. The van der Waals surface area contributed by atoms with Crippen LogP contribution in [0.1, 0.15) is 0 Å². The van der Waals surface area contributed by atoms with Crippen LogP contribution in [0.3, 0.4) is 0 Å². The molecule has 11 heavy (non-hydrogen) atoms. The minimum Gasteiger partial charge on any atom is -0.405 e. The quantitative estimate of drug-likeness (QED) is 0.377. The van der Waals surface area contributed by atoms with Gasteiger partial charge in [0.1, 0.15) is 0 Å². The molecule has 0 aliphatic heterocycles. The van der Waals surface area contributed by atoms with E-state index in [1.54, 1.807) is 0 Å². The van der Waals surface area contributed by atoms with E-state index in [4.69, 9.17) is 17.5 Å². The Morgan fingerprint density at radius 3 is 1.09 bits per heavy atom. The molecule has 0 aliphatic carbocycles. The third-order valence-electron chi connectivity index (χ3n) is 0. The molecular formula is C4H12N2O4S. The molecule has 7 heteroatoms. The van der Waals surface area contributed by atoms with Crippen LogP contribution in [-0.2, 0) is 10.4 Å². The maximum atomic E-state index is 8.74. The van der Waals surface area contributed by atoms with Crippen molar-refractivity contribution in [2.75, 3.05) is 0 Å². The topological polar surface area (TPSA) is 127 Å². The van der Waals surface area contributed by atoms with E-state index in [1.165, 1.54) is 12.4 Å². The third kappa shape index (κ3) is 392. The molecule has 0 aromatic rings. The van der Waals surface area contributed by atoms with Gasteiger partial charge in [-0.1, -0.05) is 13.2 Å². The second-order valence-corrected chi connectivity index (χ2v) is 1.81. The van der Waals surface area contributed by atoms with Gasteiger partial charge in [-0.25, -0.2) is 0 Å². The Morgan fingerprint density at radius 2 is 1.09 bits per heavy atom. The fourth-order valence-electron chi connectivity index (χ4n) is 0. The molecule has 0 unspecified atom stereocenters. The van der Waals surface area contributed by atoms with Crippen LogP contribution < -0.4 is 11.5 Å².